The predicted molar refractivity (Wildman–Crippen MR) is 107 cm³/mol. The van der Waals surface area contributed by atoms with Crippen LogP contribution in [0.4, 0.5) is 0 Å². The van der Waals surface area contributed by atoms with Gasteiger partial charge in [0.1, 0.15) is 0 Å². The van der Waals surface area contributed by atoms with Crippen molar-refractivity contribution in [2.75, 3.05) is 0 Å². The highest BCUT2D eigenvalue weighted by atomic mass is 15.3. The van der Waals surface area contributed by atoms with Crippen LogP contribution in [-0.4, -0.2) is 19.6 Å². The maximum atomic E-state index is 4.57. The third kappa shape index (κ3) is 3.68. The summed E-state index contributed by atoms with van der Waals surface area (Å²) in [4.78, 5) is 0. The van der Waals surface area contributed by atoms with Crippen LogP contribution in [0.2, 0.25) is 0 Å². The standard InChI is InChI=1S/C22H23N5/c1-17(22-16-25-27(18(22)2)20-9-4-3-5-10-20)23-15-19-8-6-11-21(14-19)26-13-7-12-24-26/h3-14,16-17,23H,15H2,1-2H3/t17-/m0/s1. The summed E-state index contributed by atoms with van der Waals surface area (Å²) in [7, 11) is 0. The second kappa shape index (κ2) is 7.60. The lowest BCUT2D eigenvalue weighted by molar-refractivity contribution is 0.571. The fraction of sp³-hybridized carbons (Fsp3) is 0.182. The Bertz CT molecular complexity index is 1000. The second-order valence-corrected chi connectivity index (χ2v) is 6.66. The van der Waals surface area contributed by atoms with Crippen LogP contribution in [0.25, 0.3) is 11.4 Å². The maximum absolute atomic E-state index is 4.57. The van der Waals surface area contributed by atoms with Gasteiger partial charge < -0.3 is 5.32 Å². The van der Waals surface area contributed by atoms with Crippen LogP contribution < -0.4 is 5.32 Å². The average Bonchev–Trinajstić information content (AvgIpc) is 3.37. The molecule has 27 heavy (non-hydrogen) atoms. The van der Waals surface area contributed by atoms with Crippen LogP contribution in [0.5, 0.6) is 0 Å². The summed E-state index contributed by atoms with van der Waals surface area (Å²) in [5.74, 6) is 0. The lowest BCUT2D eigenvalue weighted by Crippen LogP contribution is -2.18. The molecule has 0 fully saturated rings. The average molecular weight is 357 g/mol. The molecule has 0 aliphatic rings. The highest BCUT2D eigenvalue weighted by molar-refractivity contribution is 5.36. The number of rotatable bonds is 6. The lowest BCUT2D eigenvalue weighted by Gasteiger charge is -2.15. The zero-order valence-corrected chi connectivity index (χ0v) is 15.6. The molecule has 136 valence electrons. The van der Waals surface area contributed by atoms with E-state index >= 15 is 0 Å². The Morgan fingerprint density at radius 1 is 0.963 bits per heavy atom. The molecule has 4 rings (SSSR count). The van der Waals surface area contributed by atoms with Gasteiger partial charge in [0.15, 0.2) is 0 Å². The first-order valence-electron chi connectivity index (χ1n) is 9.14. The molecule has 4 aromatic rings. The Morgan fingerprint density at radius 3 is 2.56 bits per heavy atom. The Morgan fingerprint density at radius 2 is 1.78 bits per heavy atom. The maximum Gasteiger partial charge on any atom is 0.0648 e. The molecular formula is C22H23N5. The minimum absolute atomic E-state index is 0.204. The minimum atomic E-state index is 0.204. The van der Waals surface area contributed by atoms with Crippen molar-refractivity contribution in [1.29, 1.82) is 0 Å². The molecule has 2 aromatic heterocycles. The Hall–Kier alpha value is -3.18. The highest BCUT2D eigenvalue weighted by Crippen LogP contribution is 2.20. The molecule has 0 unspecified atom stereocenters. The van der Waals surface area contributed by atoms with E-state index in [0.29, 0.717) is 0 Å². The summed E-state index contributed by atoms with van der Waals surface area (Å²) in [5, 5.41) is 12.5. The quantitative estimate of drug-likeness (QED) is 0.562. The summed E-state index contributed by atoms with van der Waals surface area (Å²) in [5.41, 5.74) is 5.75. The summed E-state index contributed by atoms with van der Waals surface area (Å²) in [6.45, 7) is 5.08. The molecular weight excluding hydrogens is 334 g/mol. The summed E-state index contributed by atoms with van der Waals surface area (Å²) >= 11 is 0. The number of aromatic nitrogens is 4. The van der Waals surface area contributed by atoms with Crippen molar-refractivity contribution in [2.24, 2.45) is 0 Å². The van der Waals surface area contributed by atoms with E-state index in [0.717, 1.165) is 23.6 Å². The van der Waals surface area contributed by atoms with Crippen molar-refractivity contribution in [3.05, 3.63) is 96.1 Å². The number of benzene rings is 2. The second-order valence-electron chi connectivity index (χ2n) is 6.66. The molecule has 0 aliphatic heterocycles. The first-order valence-corrected chi connectivity index (χ1v) is 9.14. The summed E-state index contributed by atoms with van der Waals surface area (Å²) in [6, 6.07) is 20.8. The zero-order chi connectivity index (χ0) is 18.6. The Balaban J connectivity index is 1.47. The molecule has 0 saturated heterocycles. The zero-order valence-electron chi connectivity index (χ0n) is 15.6. The van der Waals surface area contributed by atoms with Crippen molar-refractivity contribution >= 4 is 0 Å². The highest BCUT2D eigenvalue weighted by Gasteiger charge is 2.14. The summed E-state index contributed by atoms with van der Waals surface area (Å²) in [6.07, 6.45) is 5.71. The molecule has 0 radical (unpaired) electrons. The van der Waals surface area contributed by atoms with Gasteiger partial charge >= 0.3 is 0 Å². The lowest BCUT2D eigenvalue weighted by atomic mass is 10.1. The van der Waals surface area contributed by atoms with Crippen LogP contribution in [0.15, 0.2) is 79.3 Å². The molecule has 0 aliphatic carbocycles. The van der Waals surface area contributed by atoms with E-state index in [4.69, 9.17) is 0 Å². The molecule has 5 nitrogen and oxygen atoms in total. The number of para-hydroxylation sites is 1. The molecule has 2 aromatic carbocycles. The van der Waals surface area contributed by atoms with Gasteiger partial charge in [0.2, 0.25) is 0 Å². The van der Waals surface area contributed by atoms with E-state index in [1.807, 2.05) is 46.0 Å². The summed E-state index contributed by atoms with van der Waals surface area (Å²) < 4.78 is 3.87. The molecule has 2 heterocycles. The van der Waals surface area contributed by atoms with Gasteiger partial charge in [-0.15, -0.1) is 0 Å². The van der Waals surface area contributed by atoms with Gasteiger partial charge in [0.05, 0.1) is 17.6 Å². The molecule has 0 saturated carbocycles. The molecule has 0 spiro atoms. The van der Waals surface area contributed by atoms with Crippen molar-refractivity contribution in [1.82, 2.24) is 24.9 Å². The predicted octanol–water partition coefficient (Wildman–Crippen LogP) is 4.22. The fourth-order valence-corrected chi connectivity index (χ4v) is 3.29. The van der Waals surface area contributed by atoms with E-state index in [-0.39, 0.29) is 6.04 Å². The number of nitrogens with one attached hydrogen (secondary N) is 1. The van der Waals surface area contributed by atoms with Crippen molar-refractivity contribution in [3.63, 3.8) is 0 Å². The van der Waals surface area contributed by atoms with Crippen LogP contribution in [-0.2, 0) is 6.54 Å². The molecule has 0 bridgehead atoms. The Kier molecular flexibility index (Phi) is 4.85. The van der Waals surface area contributed by atoms with E-state index in [1.54, 1.807) is 6.20 Å². The van der Waals surface area contributed by atoms with E-state index in [2.05, 4.69) is 65.8 Å². The van der Waals surface area contributed by atoms with Gasteiger partial charge in [-0.1, -0.05) is 30.3 Å². The van der Waals surface area contributed by atoms with Crippen molar-refractivity contribution in [2.45, 2.75) is 26.4 Å². The number of hydrogen-bond acceptors (Lipinski definition) is 3. The van der Waals surface area contributed by atoms with Gasteiger partial charge in [0, 0.05) is 36.2 Å². The first kappa shape index (κ1) is 17.2. The molecule has 1 N–H and O–H groups in total. The molecule has 1 atom stereocenters. The van der Waals surface area contributed by atoms with Gasteiger partial charge in [-0.05, 0) is 49.7 Å². The van der Waals surface area contributed by atoms with Crippen LogP contribution in [0, 0.1) is 6.92 Å². The monoisotopic (exact) mass is 357 g/mol. The fourth-order valence-electron chi connectivity index (χ4n) is 3.29. The minimum Gasteiger partial charge on any atom is -0.306 e. The van der Waals surface area contributed by atoms with Gasteiger partial charge in [-0.2, -0.15) is 10.2 Å². The third-order valence-electron chi connectivity index (χ3n) is 4.81. The molecule has 5 heteroatoms. The smallest absolute Gasteiger partial charge is 0.0648 e. The van der Waals surface area contributed by atoms with Gasteiger partial charge in [-0.3, -0.25) is 0 Å². The van der Waals surface area contributed by atoms with Crippen molar-refractivity contribution in [3.8, 4) is 11.4 Å². The van der Waals surface area contributed by atoms with Gasteiger partial charge in [0.25, 0.3) is 0 Å². The SMILES string of the molecule is Cc1c([C@H](C)NCc2cccc(-n3cccn3)c2)cnn1-c1ccccc1. The van der Waals surface area contributed by atoms with Crippen molar-refractivity contribution < 1.29 is 0 Å². The van der Waals surface area contributed by atoms with Gasteiger partial charge in [-0.25, -0.2) is 9.36 Å². The van der Waals surface area contributed by atoms with Crippen LogP contribution in [0.1, 0.15) is 29.8 Å². The third-order valence-corrected chi connectivity index (χ3v) is 4.81. The molecule has 0 amide bonds. The van der Waals surface area contributed by atoms with Crippen LogP contribution >= 0.6 is 0 Å². The van der Waals surface area contributed by atoms with E-state index in [9.17, 15) is 0 Å². The normalized spacial score (nSPS) is 12.2. The van der Waals surface area contributed by atoms with Crippen LogP contribution in [0.3, 0.4) is 0 Å². The largest absolute Gasteiger partial charge is 0.306 e. The van der Waals surface area contributed by atoms with E-state index in [1.165, 1.54) is 11.1 Å². The number of nitrogens with zero attached hydrogens (tertiary/aromatic N) is 4. The number of hydrogen-bond donors (Lipinski definition) is 1. The topological polar surface area (TPSA) is 47.7 Å². The Labute approximate surface area is 159 Å². The first-order chi connectivity index (χ1) is 13.2. The van der Waals surface area contributed by atoms with E-state index < -0.39 is 0 Å².